The predicted molar refractivity (Wildman–Crippen MR) is 81.8 cm³/mol. The van der Waals surface area contributed by atoms with Gasteiger partial charge in [-0.3, -0.25) is 0 Å². The molecule has 3 aromatic rings. The van der Waals surface area contributed by atoms with E-state index in [-0.39, 0.29) is 0 Å². The molecule has 5 nitrogen and oxygen atoms in total. The third-order valence-electron chi connectivity index (χ3n) is 2.78. The fourth-order valence-corrected chi connectivity index (χ4v) is 2.95. The van der Waals surface area contributed by atoms with E-state index < -0.39 is 0 Å². The zero-order valence-corrected chi connectivity index (χ0v) is 12.6. The van der Waals surface area contributed by atoms with Crippen molar-refractivity contribution in [2.45, 2.75) is 11.8 Å². The highest BCUT2D eigenvalue weighted by Gasteiger charge is 2.16. The van der Waals surface area contributed by atoms with Crippen LogP contribution in [-0.4, -0.2) is 21.4 Å². The number of nitrogen functional groups attached to an aromatic ring is 1. The number of hydrogen-bond donors (Lipinski definition) is 1. The van der Waals surface area contributed by atoms with Crippen molar-refractivity contribution in [1.82, 2.24) is 15.1 Å². The van der Waals surface area contributed by atoms with Crippen LogP contribution < -0.4 is 5.73 Å². The van der Waals surface area contributed by atoms with Crippen molar-refractivity contribution in [3.8, 4) is 22.2 Å². The van der Waals surface area contributed by atoms with Crippen LogP contribution in [0.4, 0.5) is 5.13 Å². The Morgan fingerprint density at radius 3 is 2.55 bits per heavy atom. The molecule has 2 N–H and O–H groups in total. The van der Waals surface area contributed by atoms with Crippen molar-refractivity contribution in [3.63, 3.8) is 0 Å². The molecule has 0 aliphatic carbocycles. The second-order valence-electron chi connectivity index (χ2n) is 4.12. The Labute approximate surface area is 124 Å². The highest BCUT2D eigenvalue weighted by atomic mass is 32.2. The van der Waals surface area contributed by atoms with Crippen molar-refractivity contribution in [1.29, 1.82) is 0 Å². The lowest BCUT2D eigenvalue weighted by Gasteiger charge is -1.96. The average Bonchev–Trinajstić information content (AvgIpc) is 3.05. The third kappa shape index (κ3) is 2.41. The number of benzene rings is 1. The Morgan fingerprint density at radius 1 is 1.20 bits per heavy atom. The number of thiazole rings is 1. The maximum atomic E-state index is 5.68. The maximum absolute atomic E-state index is 5.68. The van der Waals surface area contributed by atoms with Gasteiger partial charge in [0.2, 0.25) is 5.82 Å². The molecule has 102 valence electrons. The molecule has 0 saturated heterocycles. The molecule has 0 unspecified atom stereocenters. The maximum Gasteiger partial charge on any atom is 0.270 e. The van der Waals surface area contributed by atoms with Gasteiger partial charge >= 0.3 is 0 Å². The molecule has 1 aromatic carbocycles. The molecular formula is C13H12N4OS2. The van der Waals surface area contributed by atoms with E-state index in [1.807, 2.05) is 37.4 Å². The smallest absolute Gasteiger partial charge is 0.270 e. The standard InChI is InChI=1S/C13H12N4OS2/c1-7-10(20-13(14)15-7)12-16-11(17-18-12)8-3-5-9(19-2)6-4-8/h3-6H,1-2H3,(H2,14,15). The Kier molecular flexibility index (Phi) is 3.45. The van der Waals surface area contributed by atoms with Crippen LogP contribution in [0.1, 0.15) is 5.69 Å². The van der Waals surface area contributed by atoms with Crippen LogP contribution >= 0.6 is 23.1 Å². The number of nitrogens with zero attached hydrogens (tertiary/aromatic N) is 3. The van der Waals surface area contributed by atoms with Crippen molar-refractivity contribution in [2.75, 3.05) is 12.0 Å². The summed E-state index contributed by atoms with van der Waals surface area (Å²) < 4.78 is 5.30. The number of nitrogens with two attached hydrogens (primary N) is 1. The van der Waals surface area contributed by atoms with Gasteiger partial charge in [0.15, 0.2) is 5.13 Å². The third-order valence-corrected chi connectivity index (χ3v) is 4.50. The number of rotatable bonds is 3. The van der Waals surface area contributed by atoms with Gasteiger partial charge in [-0.2, -0.15) is 4.98 Å². The molecule has 3 rings (SSSR count). The number of hydrogen-bond acceptors (Lipinski definition) is 7. The van der Waals surface area contributed by atoms with Gasteiger partial charge in [-0.05, 0) is 37.4 Å². The molecule has 0 spiro atoms. The van der Waals surface area contributed by atoms with E-state index in [1.54, 1.807) is 11.8 Å². The van der Waals surface area contributed by atoms with Gasteiger partial charge in [-0.1, -0.05) is 16.5 Å². The summed E-state index contributed by atoms with van der Waals surface area (Å²) in [6.45, 7) is 1.87. The van der Waals surface area contributed by atoms with Gasteiger partial charge in [0.25, 0.3) is 5.89 Å². The molecule has 0 aliphatic heterocycles. The Balaban J connectivity index is 1.95. The van der Waals surface area contributed by atoms with Crippen molar-refractivity contribution >= 4 is 28.2 Å². The van der Waals surface area contributed by atoms with E-state index >= 15 is 0 Å². The zero-order valence-electron chi connectivity index (χ0n) is 11.0. The molecule has 20 heavy (non-hydrogen) atoms. The molecule has 0 bridgehead atoms. The fourth-order valence-electron chi connectivity index (χ4n) is 1.79. The number of anilines is 1. The number of aryl methyl sites for hydroxylation is 1. The molecule has 0 saturated carbocycles. The Morgan fingerprint density at radius 2 is 1.95 bits per heavy atom. The first-order valence-corrected chi connectivity index (χ1v) is 7.93. The van der Waals surface area contributed by atoms with Gasteiger partial charge < -0.3 is 10.3 Å². The first-order chi connectivity index (χ1) is 9.67. The Bertz CT molecular complexity index is 733. The van der Waals surface area contributed by atoms with E-state index in [4.69, 9.17) is 10.3 Å². The van der Waals surface area contributed by atoms with Crippen LogP contribution in [0.3, 0.4) is 0 Å². The quantitative estimate of drug-likeness (QED) is 0.746. The molecule has 0 amide bonds. The molecule has 2 heterocycles. The minimum atomic E-state index is 0.459. The summed E-state index contributed by atoms with van der Waals surface area (Å²) in [6.07, 6.45) is 2.04. The van der Waals surface area contributed by atoms with Gasteiger partial charge in [-0.25, -0.2) is 4.98 Å². The molecule has 0 fully saturated rings. The Hall–Kier alpha value is -1.86. The van der Waals surface area contributed by atoms with E-state index in [0.29, 0.717) is 16.8 Å². The van der Waals surface area contributed by atoms with Crippen LogP contribution in [0.25, 0.3) is 22.2 Å². The minimum absolute atomic E-state index is 0.459. The second-order valence-corrected chi connectivity index (χ2v) is 6.03. The summed E-state index contributed by atoms with van der Waals surface area (Å²) in [6, 6.07) is 8.03. The second kappa shape index (κ2) is 5.26. The van der Waals surface area contributed by atoms with Gasteiger partial charge in [0.1, 0.15) is 4.88 Å². The van der Waals surface area contributed by atoms with E-state index in [0.717, 1.165) is 16.1 Å². The summed E-state index contributed by atoms with van der Waals surface area (Å²) in [7, 11) is 0. The first kappa shape index (κ1) is 13.1. The predicted octanol–water partition coefficient (Wildman–Crippen LogP) is 3.47. The lowest BCUT2D eigenvalue weighted by molar-refractivity contribution is 0.433. The highest BCUT2D eigenvalue weighted by Crippen LogP contribution is 2.31. The minimum Gasteiger partial charge on any atom is -0.375 e. The first-order valence-electron chi connectivity index (χ1n) is 5.89. The van der Waals surface area contributed by atoms with Gasteiger partial charge in [-0.15, -0.1) is 11.8 Å². The normalized spacial score (nSPS) is 10.9. The van der Waals surface area contributed by atoms with E-state index in [1.165, 1.54) is 16.2 Å². The van der Waals surface area contributed by atoms with Crippen molar-refractivity contribution in [2.24, 2.45) is 0 Å². The van der Waals surface area contributed by atoms with E-state index in [2.05, 4.69) is 15.1 Å². The molecule has 0 radical (unpaired) electrons. The summed E-state index contributed by atoms with van der Waals surface area (Å²) in [4.78, 5) is 10.6. The van der Waals surface area contributed by atoms with Crippen LogP contribution in [0.15, 0.2) is 33.7 Å². The molecule has 0 aliphatic rings. The lowest BCUT2D eigenvalue weighted by atomic mass is 10.2. The summed E-state index contributed by atoms with van der Waals surface area (Å²) in [5.74, 6) is 1.03. The van der Waals surface area contributed by atoms with Crippen LogP contribution in [0, 0.1) is 6.92 Å². The summed E-state index contributed by atoms with van der Waals surface area (Å²) >= 11 is 3.04. The molecule has 2 aromatic heterocycles. The molecule has 0 atom stereocenters. The van der Waals surface area contributed by atoms with Gasteiger partial charge in [0, 0.05) is 10.5 Å². The topological polar surface area (TPSA) is 77.8 Å². The van der Waals surface area contributed by atoms with Crippen LogP contribution in [-0.2, 0) is 0 Å². The lowest BCUT2D eigenvalue weighted by Crippen LogP contribution is -1.82. The molecular weight excluding hydrogens is 292 g/mol. The monoisotopic (exact) mass is 304 g/mol. The zero-order chi connectivity index (χ0) is 14.1. The fraction of sp³-hybridized carbons (Fsp3) is 0.154. The van der Waals surface area contributed by atoms with Crippen molar-refractivity contribution < 1.29 is 4.52 Å². The largest absolute Gasteiger partial charge is 0.375 e. The highest BCUT2D eigenvalue weighted by molar-refractivity contribution is 7.98. The van der Waals surface area contributed by atoms with Crippen LogP contribution in [0.2, 0.25) is 0 Å². The van der Waals surface area contributed by atoms with E-state index in [9.17, 15) is 0 Å². The average molecular weight is 304 g/mol. The number of thioether (sulfide) groups is 1. The SMILES string of the molecule is CSc1ccc(-c2noc(-c3sc(N)nc3C)n2)cc1. The van der Waals surface area contributed by atoms with Crippen LogP contribution in [0.5, 0.6) is 0 Å². The summed E-state index contributed by atoms with van der Waals surface area (Å²) in [5, 5.41) is 4.52. The van der Waals surface area contributed by atoms with Crippen molar-refractivity contribution in [3.05, 3.63) is 30.0 Å². The van der Waals surface area contributed by atoms with Gasteiger partial charge in [0.05, 0.1) is 5.69 Å². The molecule has 7 heteroatoms. The number of aromatic nitrogens is 3. The summed E-state index contributed by atoms with van der Waals surface area (Å²) in [5.41, 5.74) is 7.41.